The van der Waals surface area contributed by atoms with Gasteiger partial charge in [0, 0.05) is 33.5 Å². The molecule has 44 heavy (non-hydrogen) atoms. The van der Waals surface area contributed by atoms with E-state index in [0.717, 1.165) is 49.7 Å². The van der Waals surface area contributed by atoms with Crippen molar-refractivity contribution in [3.05, 3.63) is 164 Å². The molecule has 3 heterocycles. The predicted octanol–water partition coefficient (Wildman–Crippen LogP) is 10.6. The van der Waals surface area contributed by atoms with Crippen LogP contribution in [0.15, 0.2) is 164 Å². The van der Waals surface area contributed by atoms with Crippen molar-refractivity contribution in [2.45, 2.75) is 0 Å². The standard InChI is InChI=1S/C41H27N3/c1-3-15-28(16-4-1)30-19-7-11-23-35(30)43-37-25-13-9-21-32(37)34-27-42-39-33-22-10-14-26-38(33)44(41(39)40(34)43)36-24-12-8-20-31(36)29-17-5-2-6-18-29/h1-27H. The first-order valence-electron chi connectivity index (χ1n) is 15.0. The van der Waals surface area contributed by atoms with Gasteiger partial charge in [0.05, 0.1) is 39.0 Å². The second kappa shape index (κ2) is 9.82. The lowest BCUT2D eigenvalue weighted by atomic mass is 10.0. The van der Waals surface area contributed by atoms with Crippen LogP contribution in [0.3, 0.4) is 0 Å². The van der Waals surface area contributed by atoms with Gasteiger partial charge in [0.15, 0.2) is 0 Å². The Bertz CT molecular complexity index is 2310. The molecule has 6 aromatic carbocycles. The summed E-state index contributed by atoms with van der Waals surface area (Å²) in [7, 11) is 0. The minimum Gasteiger partial charge on any atom is -0.306 e. The molecule has 9 rings (SSSR count). The normalized spacial score (nSPS) is 11.6. The summed E-state index contributed by atoms with van der Waals surface area (Å²) >= 11 is 0. The first kappa shape index (κ1) is 24.6. The third-order valence-corrected chi connectivity index (χ3v) is 8.77. The van der Waals surface area contributed by atoms with Crippen LogP contribution in [-0.2, 0) is 0 Å². The van der Waals surface area contributed by atoms with E-state index in [2.05, 4.69) is 173 Å². The molecule has 0 bridgehead atoms. The van der Waals surface area contributed by atoms with Crippen molar-refractivity contribution < 1.29 is 0 Å². The van der Waals surface area contributed by atoms with Gasteiger partial charge in [-0.2, -0.15) is 0 Å². The summed E-state index contributed by atoms with van der Waals surface area (Å²) in [6.45, 7) is 0. The van der Waals surface area contributed by atoms with Gasteiger partial charge in [-0.15, -0.1) is 0 Å². The lowest BCUT2D eigenvalue weighted by Gasteiger charge is -2.17. The van der Waals surface area contributed by atoms with E-state index in [9.17, 15) is 0 Å². The van der Waals surface area contributed by atoms with Gasteiger partial charge in [0.2, 0.25) is 0 Å². The summed E-state index contributed by atoms with van der Waals surface area (Å²) in [5.41, 5.74) is 12.6. The van der Waals surface area contributed by atoms with E-state index in [1.54, 1.807) is 0 Å². The van der Waals surface area contributed by atoms with E-state index in [-0.39, 0.29) is 0 Å². The van der Waals surface area contributed by atoms with Crippen molar-refractivity contribution >= 4 is 43.7 Å². The average molecular weight is 562 g/mol. The van der Waals surface area contributed by atoms with Crippen molar-refractivity contribution in [1.29, 1.82) is 0 Å². The molecule has 206 valence electrons. The highest BCUT2D eigenvalue weighted by Gasteiger charge is 2.24. The molecule has 0 aliphatic rings. The fraction of sp³-hybridized carbons (Fsp3) is 0. The molecule has 0 fully saturated rings. The zero-order chi connectivity index (χ0) is 29.0. The average Bonchev–Trinajstić information content (AvgIpc) is 3.62. The lowest BCUT2D eigenvalue weighted by molar-refractivity contribution is 1.15. The van der Waals surface area contributed by atoms with E-state index in [0.29, 0.717) is 0 Å². The number of pyridine rings is 1. The first-order valence-corrected chi connectivity index (χ1v) is 15.0. The maximum absolute atomic E-state index is 5.19. The van der Waals surface area contributed by atoms with Gasteiger partial charge in [-0.25, -0.2) is 0 Å². The third kappa shape index (κ3) is 3.60. The summed E-state index contributed by atoms with van der Waals surface area (Å²) < 4.78 is 4.89. The van der Waals surface area contributed by atoms with Gasteiger partial charge >= 0.3 is 0 Å². The van der Waals surface area contributed by atoms with E-state index in [4.69, 9.17) is 4.98 Å². The van der Waals surface area contributed by atoms with Gasteiger partial charge < -0.3 is 9.13 Å². The van der Waals surface area contributed by atoms with Crippen LogP contribution in [0.5, 0.6) is 0 Å². The van der Waals surface area contributed by atoms with Gasteiger partial charge in [-0.3, -0.25) is 4.98 Å². The van der Waals surface area contributed by atoms with Crippen LogP contribution in [0.1, 0.15) is 0 Å². The number of para-hydroxylation sites is 4. The van der Waals surface area contributed by atoms with Crippen molar-refractivity contribution in [3.63, 3.8) is 0 Å². The highest BCUT2D eigenvalue weighted by atomic mass is 15.1. The maximum atomic E-state index is 5.19. The Labute approximate surface area is 254 Å². The predicted molar refractivity (Wildman–Crippen MR) is 184 cm³/mol. The van der Waals surface area contributed by atoms with Crippen molar-refractivity contribution in [2.75, 3.05) is 0 Å². The minimum absolute atomic E-state index is 0.997. The highest BCUT2D eigenvalue weighted by Crippen LogP contribution is 2.43. The van der Waals surface area contributed by atoms with Gasteiger partial charge in [-0.05, 0) is 35.4 Å². The Morgan fingerprint density at radius 1 is 0.364 bits per heavy atom. The number of fused-ring (bicyclic) bond motifs is 7. The fourth-order valence-corrected chi connectivity index (χ4v) is 6.89. The van der Waals surface area contributed by atoms with Crippen molar-refractivity contribution in [3.8, 4) is 33.6 Å². The molecule has 3 aromatic heterocycles. The van der Waals surface area contributed by atoms with Gasteiger partial charge in [-0.1, -0.05) is 133 Å². The Morgan fingerprint density at radius 2 is 0.818 bits per heavy atom. The summed E-state index contributed by atoms with van der Waals surface area (Å²) in [6.07, 6.45) is 2.07. The highest BCUT2D eigenvalue weighted by molar-refractivity contribution is 6.22. The third-order valence-electron chi connectivity index (χ3n) is 8.77. The molecule has 0 aliphatic carbocycles. The number of aromatic nitrogens is 3. The molecular formula is C41H27N3. The Kier molecular flexibility index (Phi) is 5.50. The molecule has 3 nitrogen and oxygen atoms in total. The van der Waals surface area contributed by atoms with Gasteiger partial charge in [0.25, 0.3) is 0 Å². The molecule has 0 N–H and O–H groups in total. The van der Waals surface area contributed by atoms with Crippen molar-refractivity contribution in [2.24, 2.45) is 0 Å². The Hall–Kier alpha value is -5.93. The smallest absolute Gasteiger partial charge is 0.0985 e. The maximum Gasteiger partial charge on any atom is 0.0985 e. The number of hydrogen-bond acceptors (Lipinski definition) is 1. The molecule has 3 heteroatoms. The van der Waals surface area contributed by atoms with E-state index in [1.807, 2.05) is 0 Å². The van der Waals surface area contributed by atoms with Crippen molar-refractivity contribution in [1.82, 2.24) is 14.1 Å². The molecule has 0 spiro atoms. The minimum atomic E-state index is 0.997. The second-order valence-electron chi connectivity index (χ2n) is 11.2. The molecule has 0 atom stereocenters. The molecule has 0 saturated heterocycles. The number of hydrogen-bond donors (Lipinski definition) is 0. The molecule has 0 saturated carbocycles. The number of rotatable bonds is 4. The number of benzene rings is 6. The van der Waals surface area contributed by atoms with E-state index in [1.165, 1.54) is 27.6 Å². The zero-order valence-corrected chi connectivity index (χ0v) is 23.9. The molecule has 0 aliphatic heterocycles. The van der Waals surface area contributed by atoms with E-state index < -0.39 is 0 Å². The van der Waals surface area contributed by atoms with Gasteiger partial charge in [0.1, 0.15) is 0 Å². The molecule has 0 amide bonds. The van der Waals surface area contributed by atoms with Crippen LogP contribution in [0.25, 0.3) is 77.4 Å². The summed E-state index contributed by atoms with van der Waals surface area (Å²) in [5, 5.41) is 3.46. The van der Waals surface area contributed by atoms with E-state index >= 15 is 0 Å². The quantitative estimate of drug-likeness (QED) is 0.210. The largest absolute Gasteiger partial charge is 0.306 e. The number of nitrogens with zero attached hydrogens (tertiary/aromatic N) is 3. The summed E-state index contributed by atoms with van der Waals surface area (Å²) in [4.78, 5) is 5.19. The SMILES string of the molecule is c1ccc(-c2ccccc2-n2c3ccccc3c3cnc4c5ccccc5n(-c5ccccc5-c5ccccc5)c4c32)cc1. The molecular weight excluding hydrogens is 534 g/mol. The second-order valence-corrected chi connectivity index (χ2v) is 11.2. The van der Waals surface area contributed by atoms with Crippen LogP contribution < -0.4 is 0 Å². The molecule has 9 aromatic rings. The lowest BCUT2D eigenvalue weighted by Crippen LogP contribution is -2.01. The van der Waals surface area contributed by atoms with Crippen LogP contribution in [-0.4, -0.2) is 14.1 Å². The zero-order valence-electron chi connectivity index (χ0n) is 23.9. The molecule has 0 unspecified atom stereocenters. The fourth-order valence-electron chi connectivity index (χ4n) is 6.89. The summed E-state index contributed by atoms with van der Waals surface area (Å²) in [5.74, 6) is 0. The Balaban J connectivity index is 1.51. The van der Waals surface area contributed by atoms with Crippen LogP contribution in [0, 0.1) is 0 Å². The van der Waals surface area contributed by atoms with Crippen LogP contribution in [0.2, 0.25) is 0 Å². The monoisotopic (exact) mass is 561 g/mol. The van der Waals surface area contributed by atoms with Crippen LogP contribution in [0.4, 0.5) is 0 Å². The Morgan fingerprint density at radius 3 is 1.43 bits per heavy atom. The first-order chi connectivity index (χ1) is 21.9. The van der Waals surface area contributed by atoms with Crippen LogP contribution >= 0.6 is 0 Å². The topological polar surface area (TPSA) is 22.8 Å². The molecule has 0 radical (unpaired) electrons. The summed E-state index contributed by atoms with van der Waals surface area (Å²) in [6, 6.07) is 56.2.